The fourth-order valence-corrected chi connectivity index (χ4v) is 1.50. The first-order chi connectivity index (χ1) is 7.52. The summed E-state index contributed by atoms with van der Waals surface area (Å²) in [4.78, 5) is 32.1. The van der Waals surface area contributed by atoms with Crippen molar-refractivity contribution in [3.8, 4) is 0 Å². The van der Waals surface area contributed by atoms with Gasteiger partial charge < -0.3 is 0 Å². The number of nitrogens with one attached hydrogen (secondary N) is 1. The van der Waals surface area contributed by atoms with E-state index in [1.54, 1.807) is 0 Å². The maximum Gasteiger partial charge on any atom is 0.281 e. The van der Waals surface area contributed by atoms with Crippen molar-refractivity contribution in [2.75, 3.05) is 0 Å². The summed E-state index contributed by atoms with van der Waals surface area (Å²) < 4.78 is 2.22. The molecule has 0 aliphatic carbocycles. The van der Waals surface area contributed by atoms with E-state index in [1.165, 1.54) is 31.2 Å². The molecule has 16 heavy (non-hydrogen) atoms. The van der Waals surface area contributed by atoms with Crippen LogP contribution in [0, 0.1) is 10.1 Å². The Balaban J connectivity index is 2.90. The third kappa shape index (κ3) is 3.06. The molecular weight excluding hydrogens is 232 g/mol. The lowest BCUT2D eigenvalue weighted by Gasteiger charge is -2.01. The average Bonchev–Trinajstić information content (AvgIpc) is 2.25. The van der Waals surface area contributed by atoms with E-state index in [0.717, 1.165) is 0 Å². The van der Waals surface area contributed by atoms with E-state index in [1.807, 2.05) is 0 Å². The van der Waals surface area contributed by atoms with Gasteiger partial charge in [-0.3, -0.25) is 24.4 Å². The van der Waals surface area contributed by atoms with Gasteiger partial charge in [0.1, 0.15) is 5.56 Å². The normalized spacial score (nSPS) is 9.56. The number of nitro benzene ring substituents is 1. The number of rotatable bonds is 2. The highest BCUT2D eigenvalue weighted by molar-refractivity contribution is 8.12. The van der Waals surface area contributed by atoms with Crippen LogP contribution in [-0.4, -0.2) is 15.9 Å². The zero-order valence-electron chi connectivity index (χ0n) is 8.30. The van der Waals surface area contributed by atoms with Gasteiger partial charge in [0.15, 0.2) is 0 Å². The van der Waals surface area contributed by atoms with Crippen LogP contribution in [0.25, 0.3) is 0 Å². The number of hydrogen-bond acceptors (Lipinski definition) is 5. The molecule has 0 fully saturated rings. The Bertz CT molecular complexity index is 447. The number of para-hydroxylation sites is 1. The molecule has 0 heterocycles. The van der Waals surface area contributed by atoms with E-state index in [4.69, 9.17) is 0 Å². The maximum atomic E-state index is 11.5. The molecule has 1 amide bonds. The second kappa shape index (κ2) is 5.26. The third-order valence-corrected chi connectivity index (χ3v) is 2.40. The van der Waals surface area contributed by atoms with E-state index >= 15 is 0 Å². The van der Waals surface area contributed by atoms with Gasteiger partial charge >= 0.3 is 0 Å². The minimum atomic E-state index is -0.637. The Hall–Kier alpha value is -1.89. The fraction of sp³-hybridized carbons (Fsp3) is 0.111. The van der Waals surface area contributed by atoms with Crippen molar-refractivity contribution in [1.29, 1.82) is 0 Å². The van der Waals surface area contributed by atoms with Gasteiger partial charge in [0.05, 0.1) is 4.92 Å². The first-order valence-electron chi connectivity index (χ1n) is 4.23. The van der Waals surface area contributed by atoms with Crippen LogP contribution in [0.5, 0.6) is 0 Å². The highest BCUT2D eigenvalue weighted by Gasteiger charge is 2.19. The van der Waals surface area contributed by atoms with Gasteiger partial charge in [0.25, 0.3) is 5.69 Å². The van der Waals surface area contributed by atoms with Gasteiger partial charge in [-0.15, -0.1) is 0 Å². The highest BCUT2D eigenvalue weighted by atomic mass is 32.2. The predicted octanol–water partition coefficient (Wildman–Crippen LogP) is 1.52. The molecule has 0 atom stereocenters. The van der Waals surface area contributed by atoms with E-state index in [9.17, 15) is 19.7 Å². The molecule has 0 saturated heterocycles. The van der Waals surface area contributed by atoms with Crippen molar-refractivity contribution >= 4 is 28.7 Å². The van der Waals surface area contributed by atoms with Gasteiger partial charge in [-0.05, 0) is 6.07 Å². The Labute approximate surface area is 95.3 Å². The van der Waals surface area contributed by atoms with Crippen LogP contribution < -0.4 is 4.72 Å². The lowest BCUT2D eigenvalue weighted by Crippen LogP contribution is -2.14. The van der Waals surface area contributed by atoms with Gasteiger partial charge in [-0.1, -0.05) is 12.1 Å². The van der Waals surface area contributed by atoms with Crippen molar-refractivity contribution in [2.24, 2.45) is 0 Å². The van der Waals surface area contributed by atoms with Gasteiger partial charge in [0, 0.05) is 24.9 Å². The van der Waals surface area contributed by atoms with Crippen LogP contribution in [0.4, 0.5) is 5.69 Å². The van der Waals surface area contributed by atoms with Crippen molar-refractivity contribution < 1.29 is 14.5 Å². The molecule has 84 valence electrons. The Morgan fingerprint density at radius 2 is 2.00 bits per heavy atom. The van der Waals surface area contributed by atoms with Crippen molar-refractivity contribution in [3.05, 3.63) is 39.9 Å². The van der Waals surface area contributed by atoms with E-state index in [0.29, 0.717) is 11.9 Å². The van der Waals surface area contributed by atoms with Crippen LogP contribution >= 0.6 is 11.9 Å². The molecule has 0 saturated carbocycles. The molecule has 0 radical (unpaired) electrons. The minimum absolute atomic E-state index is 0.0359. The number of hydrogen-bond donors (Lipinski definition) is 1. The number of nitro groups is 1. The molecule has 0 aliphatic heterocycles. The smallest absolute Gasteiger partial charge is 0.281 e. The number of amides is 1. The number of carbonyl (C=O) groups is 2. The molecule has 0 aromatic heterocycles. The average molecular weight is 240 g/mol. The van der Waals surface area contributed by atoms with Crippen molar-refractivity contribution in [2.45, 2.75) is 6.92 Å². The molecule has 7 heteroatoms. The van der Waals surface area contributed by atoms with E-state index < -0.39 is 15.9 Å². The molecule has 1 rings (SSSR count). The van der Waals surface area contributed by atoms with Crippen molar-refractivity contribution in [1.82, 2.24) is 4.72 Å². The molecule has 6 nitrogen and oxygen atoms in total. The summed E-state index contributed by atoms with van der Waals surface area (Å²) in [7, 11) is 0. The van der Waals surface area contributed by atoms with Crippen LogP contribution in [0.15, 0.2) is 24.3 Å². The molecular formula is C9H8N2O4S. The molecule has 1 aromatic carbocycles. The zero-order valence-corrected chi connectivity index (χ0v) is 9.11. The summed E-state index contributed by atoms with van der Waals surface area (Å²) in [5, 5.41) is 10.1. The molecule has 0 bridgehead atoms. The maximum absolute atomic E-state index is 11.5. The summed E-state index contributed by atoms with van der Waals surface area (Å²) in [6.45, 7) is 1.25. The van der Waals surface area contributed by atoms with Crippen LogP contribution in [0.2, 0.25) is 0 Å². The molecule has 0 spiro atoms. The predicted molar refractivity (Wildman–Crippen MR) is 58.8 cm³/mol. The van der Waals surface area contributed by atoms with E-state index in [2.05, 4.69) is 4.72 Å². The SMILES string of the molecule is CC(=O)NSC(=O)c1ccccc1[N+](=O)[O-]. The van der Waals surface area contributed by atoms with Gasteiger partial charge in [0.2, 0.25) is 11.0 Å². The molecule has 1 N–H and O–H groups in total. The Morgan fingerprint density at radius 3 is 2.56 bits per heavy atom. The molecule has 0 unspecified atom stereocenters. The van der Waals surface area contributed by atoms with Crippen molar-refractivity contribution in [3.63, 3.8) is 0 Å². The van der Waals surface area contributed by atoms with E-state index in [-0.39, 0.29) is 11.3 Å². The fourth-order valence-electron chi connectivity index (χ4n) is 0.979. The van der Waals surface area contributed by atoms with Crippen LogP contribution in [0.1, 0.15) is 17.3 Å². The number of nitrogens with zero attached hydrogens (tertiary/aromatic N) is 1. The summed E-state index contributed by atoms with van der Waals surface area (Å²) in [6, 6.07) is 5.57. The molecule has 1 aromatic rings. The quantitative estimate of drug-likeness (QED) is 0.481. The number of benzene rings is 1. The van der Waals surface area contributed by atoms with Crippen LogP contribution in [0.3, 0.4) is 0 Å². The lowest BCUT2D eigenvalue weighted by atomic mass is 10.2. The minimum Gasteiger partial charge on any atom is -0.294 e. The van der Waals surface area contributed by atoms with Crippen LogP contribution in [-0.2, 0) is 4.79 Å². The number of carbonyl (C=O) groups excluding carboxylic acids is 2. The summed E-state index contributed by atoms with van der Waals surface area (Å²) in [5.74, 6) is -0.392. The summed E-state index contributed by atoms with van der Waals surface area (Å²) in [5.41, 5.74) is -0.309. The summed E-state index contributed by atoms with van der Waals surface area (Å²) >= 11 is 0.526. The lowest BCUT2D eigenvalue weighted by molar-refractivity contribution is -0.385. The van der Waals surface area contributed by atoms with Gasteiger partial charge in [-0.2, -0.15) is 0 Å². The first kappa shape index (κ1) is 12.2. The van der Waals surface area contributed by atoms with Gasteiger partial charge in [-0.25, -0.2) is 0 Å². The Morgan fingerprint density at radius 1 is 1.38 bits per heavy atom. The Kier molecular flexibility index (Phi) is 4.01. The standard InChI is InChI=1S/C9H8N2O4S/c1-6(12)10-16-9(13)7-4-2-3-5-8(7)11(14)15/h2-5H,1H3,(H,10,12). The molecule has 0 aliphatic rings. The topological polar surface area (TPSA) is 89.3 Å². The first-order valence-corrected chi connectivity index (χ1v) is 5.05. The second-order valence-corrected chi connectivity index (χ2v) is 3.60. The largest absolute Gasteiger partial charge is 0.294 e. The second-order valence-electron chi connectivity index (χ2n) is 2.82. The third-order valence-electron chi connectivity index (χ3n) is 1.61. The highest BCUT2D eigenvalue weighted by Crippen LogP contribution is 2.21. The zero-order chi connectivity index (χ0) is 12.1. The summed E-state index contributed by atoms with van der Waals surface area (Å²) in [6.07, 6.45) is 0. The monoisotopic (exact) mass is 240 g/mol.